The van der Waals surface area contributed by atoms with Crippen LogP contribution in [-0.4, -0.2) is 51.7 Å². The van der Waals surface area contributed by atoms with Crippen molar-refractivity contribution in [2.75, 3.05) is 6.61 Å². The summed E-state index contributed by atoms with van der Waals surface area (Å²) in [5.74, 6) is 0. The van der Waals surface area contributed by atoms with Gasteiger partial charge in [-0.05, 0) is 0 Å². The van der Waals surface area contributed by atoms with E-state index >= 15 is 0 Å². The molecular formula is C6H13NO4S. The zero-order valence-electron chi connectivity index (χ0n) is 6.37. The number of aliphatic hydroxyl groups excluding tert-OH is 3. The zero-order valence-corrected chi connectivity index (χ0v) is 7.26. The van der Waals surface area contributed by atoms with Gasteiger partial charge in [-0.15, -0.1) is 0 Å². The third-order valence-electron chi connectivity index (χ3n) is 1.95. The number of hydrogen-bond donors (Lipinski definition) is 5. The summed E-state index contributed by atoms with van der Waals surface area (Å²) in [6.45, 7) is -0.297. The first kappa shape index (κ1) is 10.2. The standard InChI is InChI=1S/C6H13NO4S/c7-3-4(9)5(12)2(1-8)11-6(3)10/h2-6,8-10,12H,1,7H2/t2-,3-,4-,5-,6?/m1/s1. The minimum atomic E-state index is -1.24. The fraction of sp³-hybridized carbons (Fsp3) is 1.00. The smallest absolute Gasteiger partial charge is 0.172 e. The van der Waals surface area contributed by atoms with Crippen LogP contribution in [0.25, 0.3) is 0 Å². The van der Waals surface area contributed by atoms with Crippen molar-refractivity contribution in [3.63, 3.8) is 0 Å². The molecule has 0 saturated carbocycles. The van der Waals surface area contributed by atoms with E-state index in [0.717, 1.165) is 0 Å². The SMILES string of the molecule is N[C@H]1C(O)O[C@H](CO)[C@@H](S)[C@@H]1O. The highest BCUT2D eigenvalue weighted by atomic mass is 32.1. The molecule has 1 fully saturated rings. The van der Waals surface area contributed by atoms with E-state index in [1.54, 1.807) is 0 Å². The summed E-state index contributed by atoms with van der Waals surface area (Å²) in [5, 5.41) is 26.7. The minimum Gasteiger partial charge on any atom is -0.394 e. The van der Waals surface area contributed by atoms with Gasteiger partial charge in [0.2, 0.25) is 0 Å². The first-order valence-electron chi connectivity index (χ1n) is 3.64. The normalized spacial score (nSPS) is 49.2. The Balaban J connectivity index is 2.63. The molecule has 6 heteroatoms. The van der Waals surface area contributed by atoms with Gasteiger partial charge in [-0.1, -0.05) is 0 Å². The van der Waals surface area contributed by atoms with Gasteiger partial charge in [-0.2, -0.15) is 12.6 Å². The van der Waals surface area contributed by atoms with Gasteiger partial charge >= 0.3 is 0 Å². The van der Waals surface area contributed by atoms with Crippen molar-refractivity contribution in [2.45, 2.75) is 29.8 Å². The molecule has 0 bridgehead atoms. The van der Waals surface area contributed by atoms with Crippen LogP contribution in [0.2, 0.25) is 0 Å². The lowest BCUT2D eigenvalue weighted by molar-refractivity contribution is -0.204. The minimum absolute atomic E-state index is 0.297. The Morgan fingerprint density at radius 1 is 1.42 bits per heavy atom. The Bertz CT molecular complexity index is 154. The van der Waals surface area contributed by atoms with Gasteiger partial charge in [-0.3, -0.25) is 0 Å². The number of ether oxygens (including phenoxy) is 1. The molecule has 0 spiro atoms. The van der Waals surface area contributed by atoms with Crippen molar-refractivity contribution in [3.05, 3.63) is 0 Å². The highest BCUT2D eigenvalue weighted by molar-refractivity contribution is 7.81. The molecular weight excluding hydrogens is 182 g/mol. The molecule has 5 N–H and O–H groups in total. The molecule has 1 rings (SSSR count). The van der Waals surface area contributed by atoms with Crippen LogP contribution in [0.15, 0.2) is 0 Å². The Morgan fingerprint density at radius 3 is 2.50 bits per heavy atom. The maximum atomic E-state index is 9.37. The van der Waals surface area contributed by atoms with Crippen LogP contribution in [0.3, 0.4) is 0 Å². The molecule has 0 radical (unpaired) electrons. The van der Waals surface area contributed by atoms with Crippen LogP contribution in [0.5, 0.6) is 0 Å². The van der Waals surface area contributed by atoms with E-state index in [1.807, 2.05) is 0 Å². The highest BCUT2D eigenvalue weighted by Crippen LogP contribution is 2.22. The quantitative estimate of drug-likeness (QED) is 0.303. The lowest BCUT2D eigenvalue weighted by Crippen LogP contribution is -2.60. The summed E-state index contributed by atoms with van der Waals surface area (Å²) >= 11 is 4.01. The first-order valence-corrected chi connectivity index (χ1v) is 4.15. The van der Waals surface area contributed by atoms with Crippen molar-refractivity contribution in [2.24, 2.45) is 5.73 Å². The van der Waals surface area contributed by atoms with Crippen molar-refractivity contribution in [3.8, 4) is 0 Å². The molecule has 12 heavy (non-hydrogen) atoms. The van der Waals surface area contributed by atoms with E-state index < -0.39 is 29.8 Å². The molecule has 72 valence electrons. The number of thiol groups is 1. The van der Waals surface area contributed by atoms with Crippen LogP contribution in [0.4, 0.5) is 0 Å². The largest absolute Gasteiger partial charge is 0.394 e. The third kappa shape index (κ3) is 1.73. The summed E-state index contributed by atoms with van der Waals surface area (Å²) in [7, 11) is 0. The van der Waals surface area contributed by atoms with Crippen molar-refractivity contribution in [1.82, 2.24) is 0 Å². The maximum absolute atomic E-state index is 9.37. The van der Waals surface area contributed by atoms with Crippen LogP contribution in [0, 0.1) is 0 Å². The Labute approximate surface area is 75.5 Å². The lowest BCUT2D eigenvalue weighted by Gasteiger charge is -2.38. The fourth-order valence-corrected chi connectivity index (χ4v) is 1.48. The Morgan fingerprint density at radius 2 is 2.00 bits per heavy atom. The van der Waals surface area contributed by atoms with E-state index in [-0.39, 0.29) is 6.61 Å². The van der Waals surface area contributed by atoms with Crippen LogP contribution in [0.1, 0.15) is 0 Å². The molecule has 1 unspecified atom stereocenters. The van der Waals surface area contributed by atoms with Gasteiger partial charge in [0.15, 0.2) is 6.29 Å². The highest BCUT2D eigenvalue weighted by Gasteiger charge is 2.40. The summed E-state index contributed by atoms with van der Waals surface area (Å²) in [6.07, 6.45) is -2.87. The second kappa shape index (κ2) is 3.91. The summed E-state index contributed by atoms with van der Waals surface area (Å²) < 4.78 is 4.87. The van der Waals surface area contributed by atoms with Crippen molar-refractivity contribution >= 4 is 12.6 Å². The first-order chi connectivity index (χ1) is 5.57. The van der Waals surface area contributed by atoms with Gasteiger partial charge in [0.05, 0.1) is 30.1 Å². The molecule has 0 aromatic heterocycles. The molecule has 1 aliphatic heterocycles. The number of hydrogen-bond acceptors (Lipinski definition) is 6. The Hall–Kier alpha value is 0.150. The van der Waals surface area contributed by atoms with E-state index in [1.165, 1.54) is 0 Å². The van der Waals surface area contributed by atoms with Crippen molar-refractivity contribution < 1.29 is 20.1 Å². The monoisotopic (exact) mass is 195 g/mol. The molecule has 5 atom stereocenters. The average Bonchev–Trinajstić information content (AvgIpc) is 2.08. The molecule has 1 aliphatic rings. The van der Waals surface area contributed by atoms with Crippen LogP contribution < -0.4 is 5.73 Å². The van der Waals surface area contributed by atoms with E-state index in [9.17, 15) is 5.11 Å². The number of aliphatic hydroxyl groups is 3. The third-order valence-corrected chi connectivity index (χ3v) is 2.59. The molecule has 5 nitrogen and oxygen atoms in total. The second-order valence-electron chi connectivity index (χ2n) is 2.81. The van der Waals surface area contributed by atoms with Crippen LogP contribution in [-0.2, 0) is 4.74 Å². The van der Waals surface area contributed by atoms with E-state index in [2.05, 4.69) is 12.6 Å². The molecule has 0 aromatic carbocycles. The van der Waals surface area contributed by atoms with Gasteiger partial charge in [0.1, 0.15) is 0 Å². The predicted octanol–water partition coefficient (Wildman–Crippen LogP) is -2.32. The molecule has 1 heterocycles. The molecule has 0 amide bonds. The molecule has 1 saturated heterocycles. The van der Waals surface area contributed by atoms with Gasteiger partial charge in [-0.25, -0.2) is 0 Å². The van der Waals surface area contributed by atoms with Crippen LogP contribution >= 0.6 is 12.6 Å². The second-order valence-corrected chi connectivity index (χ2v) is 3.40. The molecule has 0 aromatic rings. The van der Waals surface area contributed by atoms with Gasteiger partial charge < -0.3 is 25.8 Å². The fourth-order valence-electron chi connectivity index (χ4n) is 1.12. The maximum Gasteiger partial charge on any atom is 0.172 e. The topological polar surface area (TPSA) is 95.9 Å². The lowest BCUT2D eigenvalue weighted by atomic mass is 10.0. The zero-order chi connectivity index (χ0) is 9.30. The van der Waals surface area contributed by atoms with E-state index in [0.29, 0.717) is 0 Å². The average molecular weight is 195 g/mol. The number of nitrogens with two attached hydrogens (primary N) is 1. The van der Waals surface area contributed by atoms with Gasteiger partial charge in [0, 0.05) is 0 Å². The summed E-state index contributed by atoms with van der Waals surface area (Å²) in [6, 6.07) is -0.865. The summed E-state index contributed by atoms with van der Waals surface area (Å²) in [5.41, 5.74) is 5.37. The Kier molecular flexibility index (Phi) is 3.33. The number of rotatable bonds is 1. The molecule has 0 aliphatic carbocycles. The van der Waals surface area contributed by atoms with E-state index in [4.69, 9.17) is 20.7 Å². The summed E-state index contributed by atoms with van der Waals surface area (Å²) in [4.78, 5) is 0. The predicted molar refractivity (Wildman–Crippen MR) is 44.7 cm³/mol. The van der Waals surface area contributed by atoms with Crippen molar-refractivity contribution in [1.29, 1.82) is 0 Å². The van der Waals surface area contributed by atoms with Gasteiger partial charge in [0.25, 0.3) is 0 Å².